The van der Waals surface area contributed by atoms with Crippen LogP contribution in [0.25, 0.3) is 0 Å². The maximum absolute atomic E-state index is 11.8. The largest absolute Gasteiger partial charge is 0.463 e. The molecule has 0 aromatic rings. The Kier molecular flexibility index (Phi) is 15.5. The number of ether oxygens (including phenoxy) is 2. The summed E-state index contributed by atoms with van der Waals surface area (Å²) in [5.41, 5.74) is 0. The summed E-state index contributed by atoms with van der Waals surface area (Å²) >= 11 is 0. The number of hydrogen-bond donors (Lipinski definition) is 4. The van der Waals surface area contributed by atoms with Crippen LogP contribution in [0, 0.1) is 0 Å². The van der Waals surface area contributed by atoms with Crippen LogP contribution >= 0.6 is 0 Å². The molecule has 0 aromatic heterocycles. The molecule has 0 saturated carbocycles. The Hall–Kier alpha value is -1.25. The Labute approximate surface area is 186 Å². The molecule has 1 saturated heterocycles. The van der Waals surface area contributed by atoms with Crippen LogP contribution in [0.2, 0.25) is 0 Å². The van der Waals surface area contributed by atoms with Crippen molar-refractivity contribution in [3.63, 3.8) is 0 Å². The molecule has 0 radical (unpaired) electrons. The maximum atomic E-state index is 11.8. The summed E-state index contributed by atoms with van der Waals surface area (Å²) in [7, 11) is 0. The van der Waals surface area contributed by atoms with Gasteiger partial charge in [0.05, 0.1) is 0 Å². The van der Waals surface area contributed by atoms with Crippen molar-refractivity contribution in [2.75, 3.05) is 6.61 Å². The summed E-state index contributed by atoms with van der Waals surface area (Å²) in [6.45, 7) is 1.94. The van der Waals surface area contributed by atoms with E-state index in [1.165, 1.54) is 25.7 Å². The molecule has 1 aliphatic heterocycles. The third-order valence-corrected chi connectivity index (χ3v) is 5.43. The Bertz CT molecular complexity index is 520. The second-order valence-corrected chi connectivity index (χ2v) is 8.20. The van der Waals surface area contributed by atoms with Gasteiger partial charge >= 0.3 is 5.97 Å². The van der Waals surface area contributed by atoms with Crippen LogP contribution in [0.1, 0.15) is 84.0 Å². The molecule has 1 unspecified atom stereocenters. The molecule has 1 aliphatic rings. The van der Waals surface area contributed by atoms with Crippen LogP contribution in [-0.4, -0.2) is 63.7 Å². The minimum absolute atomic E-state index is 0.277. The van der Waals surface area contributed by atoms with E-state index in [0.717, 1.165) is 44.9 Å². The van der Waals surface area contributed by atoms with Crippen molar-refractivity contribution >= 4 is 5.97 Å². The van der Waals surface area contributed by atoms with E-state index < -0.39 is 36.7 Å². The van der Waals surface area contributed by atoms with Gasteiger partial charge in [0.1, 0.15) is 31.0 Å². The fourth-order valence-electron chi connectivity index (χ4n) is 3.40. The number of esters is 1. The van der Waals surface area contributed by atoms with Gasteiger partial charge in [0, 0.05) is 6.42 Å². The first-order valence-corrected chi connectivity index (χ1v) is 11.8. The average Bonchev–Trinajstić information content (AvgIpc) is 2.76. The Balaban J connectivity index is 1.96. The summed E-state index contributed by atoms with van der Waals surface area (Å²) in [4.78, 5) is 11.8. The fraction of sp³-hybridized carbons (Fsp3) is 0.792. The van der Waals surface area contributed by atoms with Crippen LogP contribution in [0.5, 0.6) is 0 Å². The highest BCUT2D eigenvalue weighted by atomic mass is 16.6. The zero-order valence-corrected chi connectivity index (χ0v) is 18.9. The van der Waals surface area contributed by atoms with Crippen molar-refractivity contribution in [2.24, 2.45) is 0 Å². The van der Waals surface area contributed by atoms with Gasteiger partial charge in [-0.2, -0.15) is 0 Å². The highest BCUT2D eigenvalue weighted by Crippen LogP contribution is 2.20. The molecule has 4 N–H and O–H groups in total. The van der Waals surface area contributed by atoms with E-state index in [4.69, 9.17) is 9.47 Å². The lowest BCUT2D eigenvalue weighted by Gasteiger charge is -2.37. The molecule has 7 heteroatoms. The third kappa shape index (κ3) is 12.4. The van der Waals surface area contributed by atoms with Gasteiger partial charge in [0.15, 0.2) is 6.29 Å². The van der Waals surface area contributed by atoms with Gasteiger partial charge in [-0.15, -0.1) is 0 Å². The molecule has 31 heavy (non-hydrogen) atoms. The zero-order chi connectivity index (χ0) is 22.9. The van der Waals surface area contributed by atoms with Gasteiger partial charge in [-0.05, 0) is 38.5 Å². The fourth-order valence-corrected chi connectivity index (χ4v) is 3.40. The van der Waals surface area contributed by atoms with Crippen molar-refractivity contribution in [1.29, 1.82) is 0 Å². The molecule has 0 amide bonds. The first kappa shape index (κ1) is 27.8. The quantitative estimate of drug-likeness (QED) is 0.165. The molecule has 180 valence electrons. The van der Waals surface area contributed by atoms with Gasteiger partial charge in [-0.1, -0.05) is 63.3 Å². The topological polar surface area (TPSA) is 116 Å². The summed E-state index contributed by atoms with van der Waals surface area (Å²) < 4.78 is 10.0. The molecule has 0 aliphatic carbocycles. The molecule has 5 atom stereocenters. The van der Waals surface area contributed by atoms with Crippen LogP contribution in [0.3, 0.4) is 0 Å². The van der Waals surface area contributed by atoms with Crippen molar-refractivity contribution < 1.29 is 34.7 Å². The predicted molar refractivity (Wildman–Crippen MR) is 119 cm³/mol. The van der Waals surface area contributed by atoms with Gasteiger partial charge in [-0.25, -0.2) is 0 Å². The standard InChI is InChI=1S/C24H42O7/c1-2-3-4-5-6-7-8-9-10-11-12-13-14-15-16-17-20(25)30-18-19-21(26)22(27)23(28)24(29)31-19/h6-7,9-10,19,21-24,26-29H,2-5,8,11-18H2,1H3/b7-6+,10-9+/t19-,21-,22+,23-,24?/m1/s1. The number of allylic oxidation sites excluding steroid dienone is 4. The van der Waals surface area contributed by atoms with E-state index >= 15 is 0 Å². The van der Waals surface area contributed by atoms with Gasteiger partial charge < -0.3 is 29.9 Å². The molecule has 1 fully saturated rings. The van der Waals surface area contributed by atoms with Crippen molar-refractivity contribution in [2.45, 2.75) is 115 Å². The second kappa shape index (κ2) is 17.3. The molecule has 0 spiro atoms. The van der Waals surface area contributed by atoms with E-state index in [-0.39, 0.29) is 13.0 Å². The van der Waals surface area contributed by atoms with E-state index in [9.17, 15) is 25.2 Å². The second-order valence-electron chi connectivity index (χ2n) is 8.20. The average molecular weight is 443 g/mol. The van der Waals surface area contributed by atoms with Gasteiger partial charge in [0.25, 0.3) is 0 Å². The first-order valence-electron chi connectivity index (χ1n) is 11.8. The van der Waals surface area contributed by atoms with Gasteiger partial charge in [-0.3, -0.25) is 4.79 Å². The number of aliphatic hydroxyl groups is 4. The van der Waals surface area contributed by atoms with E-state index in [2.05, 4.69) is 31.2 Å². The third-order valence-electron chi connectivity index (χ3n) is 5.43. The van der Waals surface area contributed by atoms with E-state index in [0.29, 0.717) is 0 Å². The minimum atomic E-state index is -1.62. The van der Waals surface area contributed by atoms with Crippen molar-refractivity contribution in [1.82, 2.24) is 0 Å². The van der Waals surface area contributed by atoms with E-state index in [1.54, 1.807) is 0 Å². The Morgan fingerprint density at radius 2 is 1.42 bits per heavy atom. The molecule has 1 heterocycles. The molecule has 0 aromatic carbocycles. The van der Waals surface area contributed by atoms with Crippen LogP contribution in [0.15, 0.2) is 24.3 Å². The SMILES string of the molecule is CCCCC/C=C/C/C=C/CCCCCCCC(=O)OC[C@H]1OC(O)[C@H](O)[C@@H](O)[C@@H]1O. The number of rotatable bonds is 16. The summed E-state index contributed by atoms with van der Waals surface area (Å²) in [5.74, 6) is -0.406. The highest BCUT2D eigenvalue weighted by molar-refractivity contribution is 5.69. The van der Waals surface area contributed by atoms with Gasteiger partial charge in [0.2, 0.25) is 0 Å². The highest BCUT2D eigenvalue weighted by Gasteiger charge is 2.43. The summed E-state index contributed by atoms with van der Waals surface area (Å²) in [6, 6.07) is 0. The first-order chi connectivity index (χ1) is 15.0. The van der Waals surface area contributed by atoms with E-state index in [1.807, 2.05) is 0 Å². The Morgan fingerprint density at radius 1 is 0.806 bits per heavy atom. The van der Waals surface area contributed by atoms with Crippen LogP contribution in [0.4, 0.5) is 0 Å². The molecule has 0 bridgehead atoms. The predicted octanol–water partition coefficient (Wildman–Crippen LogP) is 3.14. The smallest absolute Gasteiger partial charge is 0.305 e. The minimum Gasteiger partial charge on any atom is -0.463 e. The number of carbonyl (C=O) groups excluding carboxylic acids is 1. The lowest BCUT2D eigenvalue weighted by molar-refractivity contribution is -0.287. The summed E-state index contributed by atoms with van der Waals surface area (Å²) in [6.07, 6.45) is 14.2. The maximum Gasteiger partial charge on any atom is 0.305 e. The molecule has 7 nitrogen and oxygen atoms in total. The molecule has 1 rings (SSSR count). The van der Waals surface area contributed by atoms with Crippen LogP contribution < -0.4 is 0 Å². The van der Waals surface area contributed by atoms with Crippen molar-refractivity contribution in [3.8, 4) is 0 Å². The number of aliphatic hydroxyl groups excluding tert-OH is 4. The zero-order valence-electron chi connectivity index (χ0n) is 18.9. The van der Waals surface area contributed by atoms with Crippen molar-refractivity contribution in [3.05, 3.63) is 24.3 Å². The van der Waals surface area contributed by atoms with Crippen LogP contribution in [-0.2, 0) is 14.3 Å². The normalized spacial score (nSPS) is 26.7. The summed E-state index contributed by atoms with van der Waals surface area (Å²) in [5, 5.41) is 38.3. The number of unbranched alkanes of at least 4 members (excludes halogenated alkanes) is 8. The molecular weight excluding hydrogens is 400 g/mol. The number of carbonyl (C=O) groups is 1. The number of hydrogen-bond acceptors (Lipinski definition) is 7. The Morgan fingerprint density at radius 3 is 2.10 bits per heavy atom. The molecular formula is C24H42O7. The lowest BCUT2D eigenvalue weighted by atomic mass is 9.99. The monoisotopic (exact) mass is 442 g/mol. The lowest BCUT2D eigenvalue weighted by Crippen LogP contribution is -2.58.